The molecular formula is C8H14ClNO4. The smallest absolute Gasteiger partial charge is 0.326 e. The minimum atomic E-state index is -1.14. The van der Waals surface area contributed by atoms with Gasteiger partial charge < -0.3 is 15.5 Å². The van der Waals surface area contributed by atoms with E-state index in [1.165, 1.54) is 0 Å². The van der Waals surface area contributed by atoms with Gasteiger partial charge in [-0.05, 0) is 6.42 Å². The number of hydrogen-bond acceptors (Lipinski definition) is 3. The topological polar surface area (TPSA) is 86.6 Å². The summed E-state index contributed by atoms with van der Waals surface area (Å²) in [6.07, 6.45) is 0.736. The fourth-order valence-electron chi connectivity index (χ4n) is 0.880. The maximum absolute atomic E-state index is 11.1. The van der Waals surface area contributed by atoms with Crippen molar-refractivity contribution in [2.45, 2.75) is 25.3 Å². The molecule has 0 bridgehead atoms. The molecule has 0 radical (unpaired) electrons. The number of carboxylic acids is 1. The van der Waals surface area contributed by atoms with Gasteiger partial charge in [-0.2, -0.15) is 0 Å². The van der Waals surface area contributed by atoms with Crippen molar-refractivity contribution < 1.29 is 19.8 Å². The van der Waals surface area contributed by atoms with Crippen molar-refractivity contribution in [3.63, 3.8) is 0 Å². The van der Waals surface area contributed by atoms with Gasteiger partial charge in [-0.25, -0.2) is 4.79 Å². The van der Waals surface area contributed by atoms with Gasteiger partial charge in [0.05, 0.1) is 0 Å². The summed E-state index contributed by atoms with van der Waals surface area (Å²) in [5.74, 6) is -1.13. The van der Waals surface area contributed by atoms with Gasteiger partial charge in [0.2, 0.25) is 5.91 Å². The van der Waals surface area contributed by atoms with Crippen molar-refractivity contribution in [3.05, 3.63) is 0 Å². The van der Waals surface area contributed by atoms with Gasteiger partial charge >= 0.3 is 5.97 Å². The first-order valence-electron chi connectivity index (χ1n) is 4.30. The summed E-state index contributed by atoms with van der Waals surface area (Å²) in [6, 6.07) is -1.01. The van der Waals surface area contributed by atoms with E-state index in [0.29, 0.717) is 12.3 Å². The number of nitrogens with one attached hydrogen (secondary N) is 1. The molecule has 0 aromatic carbocycles. The number of carboxylic acid groups (broad SMARTS) is 1. The van der Waals surface area contributed by atoms with E-state index >= 15 is 0 Å². The number of carbonyl (C=O) groups is 2. The van der Waals surface area contributed by atoms with Crippen LogP contribution in [-0.4, -0.2) is 40.6 Å². The predicted molar refractivity (Wildman–Crippen MR) is 51.2 cm³/mol. The molecule has 0 aromatic heterocycles. The lowest BCUT2D eigenvalue weighted by Crippen LogP contribution is -2.41. The molecule has 1 atom stereocenters. The molecule has 0 rings (SSSR count). The summed E-state index contributed by atoms with van der Waals surface area (Å²) in [4.78, 5) is 21.6. The maximum atomic E-state index is 11.1. The van der Waals surface area contributed by atoms with Crippen LogP contribution in [0.5, 0.6) is 0 Å². The van der Waals surface area contributed by atoms with Crippen molar-refractivity contribution in [1.82, 2.24) is 5.32 Å². The number of aliphatic carboxylic acids is 1. The van der Waals surface area contributed by atoms with Crippen molar-refractivity contribution in [2.75, 3.05) is 12.5 Å². The third-order valence-corrected chi connectivity index (χ3v) is 1.86. The second-order valence-corrected chi connectivity index (χ2v) is 3.14. The van der Waals surface area contributed by atoms with Gasteiger partial charge in [0.25, 0.3) is 0 Å². The Morgan fingerprint density at radius 2 is 2.07 bits per heavy atom. The van der Waals surface area contributed by atoms with Gasteiger partial charge in [0, 0.05) is 25.3 Å². The first kappa shape index (κ1) is 13.2. The number of aliphatic hydroxyl groups excluding tert-OH is 1. The number of carbonyl (C=O) groups excluding carboxylic acids is 1. The van der Waals surface area contributed by atoms with Crippen molar-refractivity contribution in [3.8, 4) is 0 Å². The number of amides is 1. The number of rotatable bonds is 7. The van der Waals surface area contributed by atoms with Crippen molar-refractivity contribution in [2.24, 2.45) is 0 Å². The van der Waals surface area contributed by atoms with Crippen LogP contribution in [-0.2, 0) is 9.59 Å². The molecule has 5 nitrogen and oxygen atoms in total. The van der Waals surface area contributed by atoms with E-state index in [9.17, 15) is 9.59 Å². The summed E-state index contributed by atoms with van der Waals surface area (Å²) >= 11 is 5.37. The zero-order chi connectivity index (χ0) is 11.0. The van der Waals surface area contributed by atoms with E-state index in [0.717, 1.165) is 0 Å². The van der Waals surface area contributed by atoms with Crippen LogP contribution in [0, 0.1) is 0 Å². The van der Waals surface area contributed by atoms with Crippen LogP contribution in [0.2, 0.25) is 0 Å². The second kappa shape index (κ2) is 7.58. The van der Waals surface area contributed by atoms with Gasteiger partial charge in [0.1, 0.15) is 6.04 Å². The molecule has 0 unspecified atom stereocenters. The van der Waals surface area contributed by atoms with E-state index in [1.54, 1.807) is 0 Å². The molecular weight excluding hydrogens is 210 g/mol. The first-order valence-corrected chi connectivity index (χ1v) is 4.84. The Balaban J connectivity index is 3.90. The Bertz CT molecular complexity index is 198. The summed E-state index contributed by atoms with van der Waals surface area (Å²) in [6.45, 7) is -0.271. The molecule has 82 valence electrons. The third kappa shape index (κ3) is 5.77. The van der Waals surface area contributed by atoms with Crippen LogP contribution < -0.4 is 5.32 Å². The lowest BCUT2D eigenvalue weighted by atomic mass is 10.2. The molecule has 3 N–H and O–H groups in total. The summed E-state index contributed by atoms with van der Waals surface area (Å²) in [5, 5.41) is 19.5. The zero-order valence-corrected chi connectivity index (χ0v) is 8.46. The van der Waals surface area contributed by atoms with Gasteiger partial charge in [-0.15, -0.1) is 11.6 Å². The highest BCUT2D eigenvalue weighted by Gasteiger charge is 2.18. The normalized spacial score (nSPS) is 12.1. The highest BCUT2D eigenvalue weighted by Crippen LogP contribution is 1.96. The molecule has 0 aliphatic heterocycles. The molecule has 0 aliphatic rings. The van der Waals surface area contributed by atoms with Crippen LogP contribution in [0.4, 0.5) is 0 Å². The average molecular weight is 224 g/mol. The summed E-state index contributed by atoms with van der Waals surface area (Å²) in [7, 11) is 0. The minimum absolute atomic E-state index is 0.0158. The highest BCUT2D eigenvalue weighted by atomic mass is 35.5. The minimum Gasteiger partial charge on any atom is -0.480 e. The number of halogens is 1. The van der Waals surface area contributed by atoms with Crippen molar-refractivity contribution >= 4 is 23.5 Å². The number of aliphatic hydroxyl groups is 1. The monoisotopic (exact) mass is 223 g/mol. The summed E-state index contributed by atoms with van der Waals surface area (Å²) in [5.41, 5.74) is 0. The van der Waals surface area contributed by atoms with Crippen molar-refractivity contribution in [1.29, 1.82) is 0 Å². The van der Waals surface area contributed by atoms with Crippen LogP contribution >= 0.6 is 11.6 Å². The Kier molecular flexibility index (Phi) is 7.14. The first-order chi connectivity index (χ1) is 6.61. The molecule has 0 fully saturated rings. The number of hydrogen-bond donors (Lipinski definition) is 3. The standard InChI is InChI=1S/C8H14ClNO4/c9-4-1-2-7(12)10-6(3-5-11)8(13)14/h6,11H,1-5H2,(H,10,12)(H,13,14)/t6-/m0/s1. The van der Waals surface area contributed by atoms with E-state index in [2.05, 4.69) is 5.32 Å². The van der Waals surface area contributed by atoms with Gasteiger partial charge in [-0.1, -0.05) is 0 Å². The highest BCUT2D eigenvalue weighted by molar-refractivity contribution is 6.17. The second-order valence-electron chi connectivity index (χ2n) is 2.76. The van der Waals surface area contributed by atoms with Gasteiger partial charge in [-0.3, -0.25) is 4.79 Å². The molecule has 0 saturated carbocycles. The maximum Gasteiger partial charge on any atom is 0.326 e. The largest absolute Gasteiger partial charge is 0.480 e. The van der Waals surface area contributed by atoms with Crippen LogP contribution in [0.25, 0.3) is 0 Å². The molecule has 14 heavy (non-hydrogen) atoms. The Labute approximate surface area is 87.1 Å². The van der Waals surface area contributed by atoms with Crippen LogP contribution in [0.1, 0.15) is 19.3 Å². The van der Waals surface area contributed by atoms with E-state index < -0.39 is 12.0 Å². The van der Waals surface area contributed by atoms with Gasteiger partial charge in [0.15, 0.2) is 0 Å². The van der Waals surface area contributed by atoms with E-state index in [4.69, 9.17) is 21.8 Å². The molecule has 6 heteroatoms. The predicted octanol–water partition coefficient (Wildman–Crippen LogP) is -0.0428. The number of alkyl halides is 1. The molecule has 0 heterocycles. The molecule has 0 aromatic rings. The quantitative estimate of drug-likeness (QED) is 0.529. The third-order valence-electron chi connectivity index (χ3n) is 1.59. The lowest BCUT2D eigenvalue weighted by molar-refractivity contribution is -0.142. The Morgan fingerprint density at radius 1 is 1.43 bits per heavy atom. The fourth-order valence-corrected chi connectivity index (χ4v) is 1.01. The van der Waals surface area contributed by atoms with Crippen LogP contribution in [0.15, 0.2) is 0 Å². The zero-order valence-electron chi connectivity index (χ0n) is 7.70. The lowest BCUT2D eigenvalue weighted by Gasteiger charge is -2.12. The van der Waals surface area contributed by atoms with E-state index in [1.807, 2.05) is 0 Å². The fraction of sp³-hybridized carbons (Fsp3) is 0.750. The Morgan fingerprint density at radius 3 is 2.50 bits per heavy atom. The SMILES string of the molecule is O=C(CCCCl)N[C@@H](CCO)C(=O)O. The molecule has 0 aliphatic carbocycles. The summed E-state index contributed by atoms with van der Waals surface area (Å²) < 4.78 is 0. The van der Waals surface area contributed by atoms with E-state index in [-0.39, 0.29) is 25.4 Å². The molecule has 0 saturated heterocycles. The molecule has 0 spiro atoms. The average Bonchev–Trinajstić information content (AvgIpc) is 2.14. The molecule has 1 amide bonds. The van der Waals surface area contributed by atoms with Crippen LogP contribution in [0.3, 0.4) is 0 Å². The Hall–Kier alpha value is -0.810.